The van der Waals surface area contributed by atoms with Gasteiger partial charge in [-0.2, -0.15) is 9.80 Å². The third-order valence-electron chi connectivity index (χ3n) is 7.71. The molecule has 0 unspecified atom stereocenters. The molecule has 5 N–H and O–H groups in total. The van der Waals surface area contributed by atoms with Gasteiger partial charge in [0, 0.05) is 16.0 Å². The lowest BCUT2D eigenvalue weighted by Gasteiger charge is -2.44. The fourth-order valence-electron chi connectivity index (χ4n) is 6.36. The monoisotopic (exact) mass is 560 g/mol. The normalized spacial score (nSPS) is 31.1. The number of carbonyl (C=O) groups excluding carboxylic acids is 6. The fourth-order valence-corrected chi connectivity index (χ4v) is 6.81. The molecule has 0 spiro atoms. The topological polar surface area (TPSA) is 190 Å². The largest absolute Gasteiger partial charge is 0.504 e. The Morgan fingerprint density at radius 3 is 2.11 bits per heavy atom. The Balaban J connectivity index is 1.71. The number of phenols is 1. The minimum absolute atomic E-state index is 0.0277. The Kier molecular flexibility index (Phi) is 5.43. The third-order valence-corrected chi connectivity index (χ3v) is 8.17. The number of primary amides is 2. The summed E-state index contributed by atoms with van der Waals surface area (Å²) in [7, 11) is 1.35. The molecular weight excluding hydrogens is 540 g/mol. The molecule has 2 aliphatic heterocycles. The Morgan fingerprint density at radius 2 is 1.53 bits per heavy atom. The van der Waals surface area contributed by atoms with Crippen LogP contribution in [0.4, 0.5) is 9.59 Å². The molecule has 4 aliphatic rings. The van der Waals surface area contributed by atoms with Gasteiger partial charge in [-0.3, -0.25) is 19.2 Å². The summed E-state index contributed by atoms with van der Waals surface area (Å²) in [6.07, 6.45) is 1.77. The molecule has 1 aromatic carbocycles. The summed E-state index contributed by atoms with van der Waals surface area (Å²) >= 11 is 3.36. The maximum atomic E-state index is 13.3. The average molecular weight is 561 g/mol. The van der Waals surface area contributed by atoms with Crippen LogP contribution in [0, 0.1) is 29.6 Å². The van der Waals surface area contributed by atoms with Crippen molar-refractivity contribution in [3.63, 3.8) is 0 Å². The number of nitrogens with two attached hydrogens (primary N) is 2. The van der Waals surface area contributed by atoms with Crippen molar-refractivity contribution in [1.82, 2.24) is 9.80 Å². The number of halogens is 1. The standard InChI is InChI=1S/C23H21BrN4O8/c1-36-13-5-7(24)4-11(17(13)29)14-8-2-3-9-15(20(32)27(18(9)30)22(25)34)10(8)6-12-16(14)21(33)28(19(12)31)23(26)35/h2,4-5,9-10,12,14-16,29H,3,6H2,1H3,(H2,25,34)(H2,26,35)/t9-,10+,12+,14+,15-,16+/m0/s1. The van der Waals surface area contributed by atoms with Gasteiger partial charge in [-0.25, -0.2) is 9.59 Å². The smallest absolute Gasteiger partial charge is 0.328 e. The zero-order valence-corrected chi connectivity index (χ0v) is 20.4. The Bertz CT molecular complexity index is 1310. The van der Waals surface area contributed by atoms with Gasteiger partial charge in [0.15, 0.2) is 11.5 Å². The van der Waals surface area contributed by atoms with Crippen LogP contribution in [0.1, 0.15) is 24.3 Å². The maximum absolute atomic E-state index is 13.3. The van der Waals surface area contributed by atoms with Crippen LogP contribution in [0.5, 0.6) is 11.5 Å². The number of methoxy groups -OCH3 is 1. The number of carbonyl (C=O) groups is 6. The SMILES string of the molecule is COc1cc(Br)cc([C@H]2C3=CC[C@@H]4C(=O)N(C(N)=O)C(=O)[C@@H]4[C@@H]3C[C@H]3C(=O)N(C(N)=O)C(=O)[C@@H]23)c1O. The molecule has 8 amide bonds. The van der Waals surface area contributed by atoms with E-state index in [4.69, 9.17) is 16.2 Å². The van der Waals surface area contributed by atoms with Gasteiger partial charge in [-0.15, -0.1) is 0 Å². The van der Waals surface area contributed by atoms with Gasteiger partial charge in [-0.05, 0) is 30.9 Å². The second kappa shape index (κ2) is 8.15. The van der Waals surface area contributed by atoms with E-state index in [0.717, 1.165) is 0 Å². The van der Waals surface area contributed by atoms with Crippen molar-refractivity contribution >= 4 is 51.6 Å². The van der Waals surface area contributed by atoms with Crippen LogP contribution < -0.4 is 16.2 Å². The first kappa shape index (κ1) is 24.0. The quantitative estimate of drug-likeness (QED) is 0.351. The Morgan fingerprint density at radius 1 is 0.944 bits per heavy atom. The van der Waals surface area contributed by atoms with Gasteiger partial charge in [0.25, 0.3) is 0 Å². The van der Waals surface area contributed by atoms with Crippen molar-refractivity contribution in [2.45, 2.75) is 18.8 Å². The van der Waals surface area contributed by atoms with E-state index in [2.05, 4.69) is 15.9 Å². The van der Waals surface area contributed by atoms with Gasteiger partial charge < -0.3 is 21.3 Å². The number of hydrogen-bond acceptors (Lipinski definition) is 8. The highest BCUT2D eigenvalue weighted by atomic mass is 79.9. The van der Waals surface area contributed by atoms with Gasteiger partial charge in [0.1, 0.15) is 0 Å². The van der Waals surface area contributed by atoms with E-state index in [1.165, 1.54) is 13.2 Å². The molecule has 36 heavy (non-hydrogen) atoms. The molecule has 2 aliphatic carbocycles. The molecule has 1 saturated carbocycles. The molecule has 13 heteroatoms. The van der Waals surface area contributed by atoms with Crippen LogP contribution in [-0.4, -0.2) is 57.7 Å². The molecule has 6 atom stereocenters. The number of amides is 8. The van der Waals surface area contributed by atoms with E-state index >= 15 is 0 Å². The van der Waals surface area contributed by atoms with Crippen LogP contribution in [0.3, 0.4) is 0 Å². The first-order valence-corrected chi connectivity index (χ1v) is 11.9. The maximum Gasteiger partial charge on any atom is 0.328 e. The second-order valence-corrected chi connectivity index (χ2v) is 10.2. The molecule has 0 bridgehead atoms. The molecular formula is C23H21BrN4O8. The number of imide groups is 6. The summed E-state index contributed by atoms with van der Waals surface area (Å²) in [6.45, 7) is 0. The molecule has 1 aromatic rings. The first-order valence-electron chi connectivity index (χ1n) is 11.1. The van der Waals surface area contributed by atoms with Crippen LogP contribution in [-0.2, 0) is 19.2 Å². The molecule has 3 fully saturated rings. The molecule has 5 rings (SSSR count). The van der Waals surface area contributed by atoms with E-state index in [-0.39, 0.29) is 29.9 Å². The van der Waals surface area contributed by atoms with Crippen molar-refractivity contribution in [2.24, 2.45) is 41.1 Å². The number of hydrogen-bond donors (Lipinski definition) is 3. The number of fused-ring (bicyclic) bond motifs is 4. The summed E-state index contributed by atoms with van der Waals surface area (Å²) in [5.41, 5.74) is 11.4. The number of aromatic hydroxyl groups is 1. The van der Waals surface area contributed by atoms with E-state index < -0.39 is 71.2 Å². The highest BCUT2D eigenvalue weighted by Crippen LogP contribution is 2.59. The van der Waals surface area contributed by atoms with Crippen LogP contribution in [0.15, 0.2) is 28.3 Å². The average Bonchev–Trinajstić information content (AvgIpc) is 3.23. The summed E-state index contributed by atoms with van der Waals surface area (Å²) < 4.78 is 5.77. The minimum atomic E-state index is -1.23. The molecule has 188 valence electrons. The predicted octanol–water partition coefficient (Wildman–Crippen LogP) is 0.957. The van der Waals surface area contributed by atoms with Crippen LogP contribution in [0.2, 0.25) is 0 Å². The lowest BCUT2D eigenvalue weighted by Crippen LogP contribution is -2.44. The van der Waals surface area contributed by atoms with Gasteiger partial charge in [-0.1, -0.05) is 27.6 Å². The van der Waals surface area contributed by atoms with E-state index in [1.54, 1.807) is 12.1 Å². The zero-order valence-electron chi connectivity index (χ0n) is 18.8. The Labute approximate surface area is 212 Å². The molecule has 0 aromatic heterocycles. The lowest BCUT2D eigenvalue weighted by atomic mass is 9.57. The summed E-state index contributed by atoms with van der Waals surface area (Å²) in [5.74, 6) is -8.95. The number of benzene rings is 1. The van der Waals surface area contributed by atoms with Crippen molar-refractivity contribution in [2.75, 3.05) is 7.11 Å². The molecule has 2 saturated heterocycles. The zero-order chi connectivity index (χ0) is 26.2. The third kappa shape index (κ3) is 3.11. The molecule has 0 radical (unpaired) electrons. The lowest BCUT2D eigenvalue weighted by molar-refractivity contribution is -0.138. The number of rotatable bonds is 2. The summed E-state index contributed by atoms with van der Waals surface area (Å²) in [6, 6.07) is 0.670. The first-order chi connectivity index (χ1) is 17.0. The van der Waals surface area contributed by atoms with E-state index in [0.29, 0.717) is 19.8 Å². The fraction of sp³-hybridized carbons (Fsp3) is 0.391. The summed E-state index contributed by atoms with van der Waals surface area (Å²) in [4.78, 5) is 77.2. The number of ether oxygens (including phenoxy) is 1. The number of likely N-dealkylation sites (tertiary alicyclic amines) is 2. The van der Waals surface area contributed by atoms with Crippen molar-refractivity contribution in [3.8, 4) is 11.5 Å². The highest BCUT2D eigenvalue weighted by Gasteiger charge is 2.63. The van der Waals surface area contributed by atoms with Gasteiger partial charge >= 0.3 is 12.1 Å². The predicted molar refractivity (Wildman–Crippen MR) is 123 cm³/mol. The van der Waals surface area contributed by atoms with Crippen LogP contribution >= 0.6 is 15.9 Å². The molecule has 12 nitrogen and oxygen atoms in total. The minimum Gasteiger partial charge on any atom is -0.504 e. The van der Waals surface area contributed by atoms with Crippen molar-refractivity contribution < 1.29 is 38.6 Å². The second-order valence-electron chi connectivity index (χ2n) is 9.27. The number of nitrogens with zero attached hydrogens (tertiary/aromatic N) is 2. The number of urea groups is 2. The summed E-state index contributed by atoms with van der Waals surface area (Å²) in [5, 5.41) is 11.0. The van der Waals surface area contributed by atoms with Crippen molar-refractivity contribution in [1.29, 1.82) is 0 Å². The van der Waals surface area contributed by atoms with E-state index in [1.807, 2.05) is 0 Å². The van der Waals surface area contributed by atoms with Crippen molar-refractivity contribution in [3.05, 3.63) is 33.8 Å². The Hall–Kier alpha value is -3.74. The van der Waals surface area contributed by atoms with Gasteiger partial charge in [0.05, 0.1) is 30.8 Å². The number of allylic oxidation sites excluding steroid dienone is 2. The van der Waals surface area contributed by atoms with Gasteiger partial charge in [0.2, 0.25) is 23.6 Å². The molecule has 2 heterocycles. The van der Waals surface area contributed by atoms with E-state index in [9.17, 15) is 33.9 Å². The number of phenolic OH excluding ortho intramolecular Hbond substituents is 1. The highest BCUT2D eigenvalue weighted by molar-refractivity contribution is 9.10. The van der Waals surface area contributed by atoms with Crippen LogP contribution in [0.25, 0.3) is 0 Å².